The maximum Gasteiger partial charge on any atom is 0.260 e. The largest absolute Gasteiger partial charge is 0.508 e. The Balaban J connectivity index is 1.90. The third kappa shape index (κ3) is 3.12. The van der Waals surface area contributed by atoms with Crippen LogP contribution in [0.5, 0.6) is 11.5 Å². The SMILES string of the molecule is Cc1cc(O)cc(OCC(=O)N(C)C2CC2)c1. The van der Waals surface area contributed by atoms with Gasteiger partial charge in [0.05, 0.1) is 0 Å². The first kappa shape index (κ1) is 11.8. The molecule has 0 unspecified atom stereocenters. The van der Waals surface area contributed by atoms with E-state index >= 15 is 0 Å². The fourth-order valence-electron chi connectivity index (χ4n) is 1.72. The van der Waals surface area contributed by atoms with Crippen LogP contribution in [0.2, 0.25) is 0 Å². The number of ether oxygens (including phenoxy) is 1. The lowest BCUT2D eigenvalue weighted by atomic mass is 10.2. The summed E-state index contributed by atoms with van der Waals surface area (Å²) in [5, 5.41) is 9.39. The summed E-state index contributed by atoms with van der Waals surface area (Å²) in [5.74, 6) is 0.663. The fourth-order valence-corrected chi connectivity index (χ4v) is 1.72. The minimum atomic E-state index is -0.0199. The van der Waals surface area contributed by atoms with E-state index in [0.717, 1.165) is 18.4 Å². The molecule has 92 valence electrons. The van der Waals surface area contributed by atoms with Crippen molar-refractivity contribution in [1.82, 2.24) is 4.90 Å². The van der Waals surface area contributed by atoms with Crippen molar-refractivity contribution in [2.24, 2.45) is 0 Å². The number of aromatic hydroxyl groups is 1. The Bertz CT molecular complexity index is 406. The number of likely N-dealkylation sites (N-methyl/N-ethyl adjacent to an activating group) is 1. The lowest BCUT2D eigenvalue weighted by molar-refractivity contribution is -0.132. The molecule has 0 radical (unpaired) electrons. The highest BCUT2D eigenvalue weighted by atomic mass is 16.5. The molecule has 0 atom stereocenters. The zero-order valence-corrected chi connectivity index (χ0v) is 10.1. The van der Waals surface area contributed by atoms with Crippen molar-refractivity contribution in [3.05, 3.63) is 23.8 Å². The molecule has 0 spiro atoms. The van der Waals surface area contributed by atoms with Gasteiger partial charge in [-0.2, -0.15) is 0 Å². The van der Waals surface area contributed by atoms with Crippen LogP contribution < -0.4 is 4.74 Å². The average Bonchev–Trinajstić information content (AvgIpc) is 3.07. The van der Waals surface area contributed by atoms with Crippen molar-refractivity contribution in [3.63, 3.8) is 0 Å². The number of carbonyl (C=O) groups is 1. The first-order chi connectivity index (χ1) is 8.06. The Labute approximate surface area is 101 Å². The van der Waals surface area contributed by atoms with Gasteiger partial charge >= 0.3 is 0 Å². The summed E-state index contributed by atoms with van der Waals surface area (Å²) >= 11 is 0. The first-order valence-electron chi connectivity index (χ1n) is 5.75. The van der Waals surface area contributed by atoms with E-state index in [0.29, 0.717) is 11.8 Å². The molecule has 2 rings (SSSR count). The van der Waals surface area contributed by atoms with Gasteiger partial charge in [-0.3, -0.25) is 4.79 Å². The van der Waals surface area contributed by atoms with E-state index in [1.807, 2.05) is 6.92 Å². The van der Waals surface area contributed by atoms with Gasteiger partial charge in [0.2, 0.25) is 0 Å². The molecule has 1 aromatic rings. The van der Waals surface area contributed by atoms with E-state index in [-0.39, 0.29) is 18.3 Å². The van der Waals surface area contributed by atoms with Gasteiger partial charge in [0, 0.05) is 19.2 Å². The molecule has 0 heterocycles. The van der Waals surface area contributed by atoms with Gasteiger partial charge in [-0.15, -0.1) is 0 Å². The predicted molar refractivity (Wildman–Crippen MR) is 64.1 cm³/mol. The molecule has 1 N–H and O–H groups in total. The number of nitrogens with zero attached hydrogens (tertiary/aromatic N) is 1. The highest BCUT2D eigenvalue weighted by molar-refractivity contribution is 5.78. The number of amides is 1. The second kappa shape index (κ2) is 4.65. The number of hydrogen-bond donors (Lipinski definition) is 1. The van der Waals surface area contributed by atoms with Crippen molar-refractivity contribution in [2.45, 2.75) is 25.8 Å². The summed E-state index contributed by atoms with van der Waals surface area (Å²) < 4.78 is 5.38. The number of phenols is 1. The summed E-state index contributed by atoms with van der Waals surface area (Å²) in [5.41, 5.74) is 0.906. The fraction of sp³-hybridized carbons (Fsp3) is 0.462. The van der Waals surface area contributed by atoms with Crippen LogP contribution in [0, 0.1) is 6.92 Å². The number of carbonyl (C=O) groups excluding carboxylic acids is 1. The molecule has 1 amide bonds. The quantitative estimate of drug-likeness (QED) is 0.864. The van der Waals surface area contributed by atoms with Crippen LogP contribution in [0.4, 0.5) is 0 Å². The Kier molecular flexibility index (Phi) is 3.22. The lowest BCUT2D eigenvalue weighted by Gasteiger charge is -2.16. The Morgan fingerprint density at radius 3 is 2.76 bits per heavy atom. The van der Waals surface area contributed by atoms with Crippen molar-refractivity contribution in [1.29, 1.82) is 0 Å². The summed E-state index contributed by atoms with van der Waals surface area (Å²) in [6.45, 7) is 1.89. The Hall–Kier alpha value is -1.71. The summed E-state index contributed by atoms with van der Waals surface area (Å²) in [6.07, 6.45) is 2.18. The summed E-state index contributed by atoms with van der Waals surface area (Å²) in [4.78, 5) is 13.4. The highest BCUT2D eigenvalue weighted by Crippen LogP contribution is 2.25. The normalized spacial score (nSPS) is 14.5. The van der Waals surface area contributed by atoms with E-state index in [9.17, 15) is 9.90 Å². The number of phenolic OH excluding ortho intramolecular Hbond substituents is 1. The van der Waals surface area contributed by atoms with Gasteiger partial charge in [0.15, 0.2) is 6.61 Å². The Morgan fingerprint density at radius 1 is 1.47 bits per heavy atom. The van der Waals surface area contributed by atoms with E-state index in [1.165, 1.54) is 6.07 Å². The first-order valence-corrected chi connectivity index (χ1v) is 5.75. The smallest absolute Gasteiger partial charge is 0.260 e. The number of rotatable bonds is 4. The molecule has 4 heteroatoms. The number of benzene rings is 1. The van der Waals surface area contributed by atoms with Crippen molar-refractivity contribution in [2.75, 3.05) is 13.7 Å². The van der Waals surface area contributed by atoms with Gasteiger partial charge in [0.1, 0.15) is 11.5 Å². The third-order valence-electron chi connectivity index (χ3n) is 2.89. The number of hydrogen-bond acceptors (Lipinski definition) is 3. The van der Waals surface area contributed by atoms with E-state index in [2.05, 4.69) is 0 Å². The molecular formula is C13H17NO3. The average molecular weight is 235 g/mol. The second-order valence-electron chi connectivity index (χ2n) is 4.53. The zero-order chi connectivity index (χ0) is 12.4. The van der Waals surface area contributed by atoms with E-state index < -0.39 is 0 Å². The standard InChI is InChI=1S/C13H17NO3/c1-9-5-11(15)7-12(6-9)17-8-13(16)14(2)10-3-4-10/h5-7,10,15H,3-4,8H2,1-2H3. The minimum absolute atomic E-state index is 0.0199. The minimum Gasteiger partial charge on any atom is -0.508 e. The molecular weight excluding hydrogens is 218 g/mol. The monoisotopic (exact) mass is 235 g/mol. The van der Waals surface area contributed by atoms with Crippen LogP contribution in [0.1, 0.15) is 18.4 Å². The maximum atomic E-state index is 11.7. The van der Waals surface area contributed by atoms with E-state index in [4.69, 9.17) is 4.74 Å². The lowest BCUT2D eigenvalue weighted by Crippen LogP contribution is -2.33. The summed E-state index contributed by atoms with van der Waals surface area (Å²) in [6, 6.07) is 5.35. The van der Waals surface area contributed by atoms with Crippen LogP contribution in [0.3, 0.4) is 0 Å². The van der Waals surface area contributed by atoms with Crippen LogP contribution in [-0.4, -0.2) is 35.6 Å². The summed E-state index contributed by atoms with van der Waals surface area (Å²) in [7, 11) is 1.80. The molecule has 1 aliphatic rings. The van der Waals surface area contributed by atoms with Gasteiger partial charge < -0.3 is 14.7 Å². The van der Waals surface area contributed by atoms with Gasteiger partial charge in [0.25, 0.3) is 5.91 Å². The molecule has 0 aromatic heterocycles. The zero-order valence-electron chi connectivity index (χ0n) is 10.1. The molecule has 1 aromatic carbocycles. The third-order valence-corrected chi connectivity index (χ3v) is 2.89. The second-order valence-corrected chi connectivity index (χ2v) is 4.53. The predicted octanol–water partition coefficient (Wildman–Crippen LogP) is 1.70. The van der Waals surface area contributed by atoms with Crippen LogP contribution in [-0.2, 0) is 4.79 Å². The number of aryl methyl sites for hydroxylation is 1. The molecule has 1 saturated carbocycles. The van der Waals surface area contributed by atoms with Gasteiger partial charge in [-0.1, -0.05) is 0 Å². The molecule has 4 nitrogen and oxygen atoms in total. The van der Waals surface area contributed by atoms with Gasteiger partial charge in [-0.05, 0) is 37.5 Å². The van der Waals surface area contributed by atoms with Crippen molar-refractivity contribution < 1.29 is 14.6 Å². The Morgan fingerprint density at radius 2 is 2.18 bits per heavy atom. The van der Waals surface area contributed by atoms with Crippen LogP contribution >= 0.6 is 0 Å². The molecule has 0 saturated heterocycles. The molecule has 1 fully saturated rings. The van der Waals surface area contributed by atoms with E-state index in [1.54, 1.807) is 24.1 Å². The van der Waals surface area contributed by atoms with Crippen LogP contribution in [0.15, 0.2) is 18.2 Å². The van der Waals surface area contributed by atoms with Crippen LogP contribution in [0.25, 0.3) is 0 Å². The van der Waals surface area contributed by atoms with Crippen molar-refractivity contribution in [3.8, 4) is 11.5 Å². The molecule has 0 aliphatic heterocycles. The molecule has 17 heavy (non-hydrogen) atoms. The van der Waals surface area contributed by atoms with Gasteiger partial charge in [-0.25, -0.2) is 0 Å². The molecule has 0 bridgehead atoms. The van der Waals surface area contributed by atoms with Crippen molar-refractivity contribution >= 4 is 5.91 Å². The molecule has 1 aliphatic carbocycles. The maximum absolute atomic E-state index is 11.7. The topological polar surface area (TPSA) is 49.8 Å². The highest BCUT2D eigenvalue weighted by Gasteiger charge is 2.29.